The molecule has 116 valence electrons. The van der Waals surface area contributed by atoms with E-state index in [2.05, 4.69) is 5.32 Å². The van der Waals surface area contributed by atoms with Gasteiger partial charge in [0.25, 0.3) is 5.91 Å². The Bertz CT molecular complexity index is 658. The van der Waals surface area contributed by atoms with E-state index < -0.39 is 0 Å². The Labute approximate surface area is 128 Å². The predicted octanol–water partition coefficient (Wildman–Crippen LogP) is 2.30. The Morgan fingerprint density at radius 2 is 1.73 bits per heavy atom. The van der Waals surface area contributed by atoms with E-state index in [1.807, 2.05) is 6.07 Å². The number of methoxy groups -OCH3 is 2. The number of carbonyl (C=O) groups is 1. The molecule has 0 aliphatic carbocycles. The van der Waals surface area contributed by atoms with Crippen LogP contribution in [0.3, 0.4) is 0 Å². The number of rotatable bonds is 6. The average Bonchev–Trinajstić information content (AvgIpc) is 2.53. The van der Waals surface area contributed by atoms with Gasteiger partial charge in [0.2, 0.25) is 0 Å². The second-order valence-corrected chi connectivity index (χ2v) is 4.44. The molecule has 3 N–H and O–H groups in total. The lowest BCUT2D eigenvalue weighted by molar-refractivity contribution is -0.118. The molecule has 2 aromatic carbocycles. The highest BCUT2D eigenvalue weighted by Crippen LogP contribution is 2.26. The highest BCUT2D eigenvalue weighted by atomic mass is 16.5. The van der Waals surface area contributed by atoms with Crippen LogP contribution in [0.1, 0.15) is 0 Å². The summed E-state index contributed by atoms with van der Waals surface area (Å²) in [5.74, 6) is 1.34. The third-order valence-electron chi connectivity index (χ3n) is 2.94. The number of hydrogen-bond donors (Lipinski definition) is 2. The van der Waals surface area contributed by atoms with E-state index in [0.29, 0.717) is 28.6 Å². The van der Waals surface area contributed by atoms with Gasteiger partial charge in [0.05, 0.1) is 19.9 Å². The van der Waals surface area contributed by atoms with E-state index in [0.717, 1.165) is 0 Å². The lowest BCUT2D eigenvalue weighted by atomic mass is 10.2. The van der Waals surface area contributed by atoms with Crippen LogP contribution < -0.4 is 25.3 Å². The number of benzene rings is 2. The zero-order valence-electron chi connectivity index (χ0n) is 12.5. The minimum Gasteiger partial charge on any atom is -0.495 e. The molecule has 0 saturated heterocycles. The van der Waals surface area contributed by atoms with E-state index in [1.54, 1.807) is 43.5 Å². The van der Waals surface area contributed by atoms with Crippen molar-refractivity contribution in [2.24, 2.45) is 0 Å². The van der Waals surface area contributed by atoms with E-state index >= 15 is 0 Å². The molecule has 6 heteroatoms. The van der Waals surface area contributed by atoms with E-state index in [1.165, 1.54) is 7.11 Å². The van der Waals surface area contributed by atoms with Crippen LogP contribution in [0.2, 0.25) is 0 Å². The average molecular weight is 302 g/mol. The number of amides is 1. The van der Waals surface area contributed by atoms with Crippen LogP contribution in [0.4, 0.5) is 11.4 Å². The van der Waals surface area contributed by atoms with Crippen molar-refractivity contribution in [1.29, 1.82) is 0 Å². The maximum absolute atomic E-state index is 11.9. The zero-order valence-corrected chi connectivity index (χ0v) is 12.5. The fourth-order valence-corrected chi connectivity index (χ4v) is 1.89. The number of nitrogen functional groups attached to an aromatic ring is 1. The first-order valence-corrected chi connectivity index (χ1v) is 6.63. The molecule has 1 amide bonds. The van der Waals surface area contributed by atoms with Crippen LogP contribution in [-0.4, -0.2) is 26.7 Å². The molecule has 0 aromatic heterocycles. The van der Waals surface area contributed by atoms with Crippen molar-refractivity contribution >= 4 is 17.3 Å². The molecule has 0 atom stereocenters. The quantitative estimate of drug-likeness (QED) is 0.800. The smallest absolute Gasteiger partial charge is 0.262 e. The summed E-state index contributed by atoms with van der Waals surface area (Å²) >= 11 is 0. The van der Waals surface area contributed by atoms with Gasteiger partial charge in [0, 0.05) is 5.69 Å². The molecule has 22 heavy (non-hydrogen) atoms. The summed E-state index contributed by atoms with van der Waals surface area (Å²) in [6.45, 7) is -0.133. The number of hydrogen-bond acceptors (Lipinski definition) is 5. The van der Waals surface area contributed by atoms with Crippen molar-refractivity contribution < 1.29 is 19.0 Å². The van der Waals surface area contributed by atoms with E-state index in [9.17, 15) is 4.79 Å². The molecular weight excluding hydrogens is 284 g/mol. The van der Waals surface area contributed by atoms with Crippen molar-refractivity contribution in [2.45, 2.75) is 0 Å². The van der Waals surface area contributed by atoms with Gasteiger partial charge in [-0.3, -0.25) is 4.79 Å². The SMILES string of the molecule is COc1ccc(NC(=O)COc2ccccc2OC)cc1N. The maximum Gasteiger partial charge on any atom is 0.262 e. The maximum atomic E-state index is 11.9. The summed E-state index contributed by atoms with van der Waals surface area (Å²) in [4.78, 5) is 11.9. The Balaban J connectivity index is 1.94. The Kier molecular flexibility index (Phi) is 5.08. The molecule has 0 saturated carbocycles. The van der Waals surface area contributed by atoms with E-state index in [-0.39, 0.29) is 12.5 Å². The molecule has 6 nitrogen and oxygen atoms in total. The molecule has 0 aliphatic rings. The lowest BCUT2D eigenvalue weighted by Gasteiger charge is -2.11. The van der Waals surface area contributed by atoms with Gasteiger partial charge in [-0.1, -0.05) is 12.1 Å². The van der Waals surface area contributed by atoms with Gasteiger partial charge >= 0.3 is 0 Å². The minimum absolute atomic E-state index is 0.133. The number of nitrogens with two attached hydrogens (primary N) is 1. The summed E-state index contributed by atoms with van der Waals surface area (Å²) in [6.07, 6.45) is 0. The molecule has 0 radical (unpaired) electrons. The van der Waals surface area contributed by atoms with Crippen molar-refractivity contribution in [3.05, 3.63) is 42.5 Å². The zero-order chi connectivity index (χ0) is 15.9. The molecule has 0 spiro atoms. The van der Waals surface area contributed by atoms with Gasteiger partial charge in [-0.25, -0.2) is 0 Å². The molecule has 0 bridgehead atoms. The van der Waals surface area contributed by atoms with Crippen LogP contribution in [-0.2, 0) is 4.79 Å². The monoisotopic (exact) mass is 302 g/mol. The number of anilines is 2. The predicted molar refractivity (Wildman–Crippen MR) is 84.5 cm³/mol. The largest absolute Gasteiger partial charge is 0.495 e. The lowest BCUT2D eigenvalue weighted by Crippen LogP contribution is -2.20. The highest BCUT2D eigenvalue weighted by Gasteiger charge is 2.08. The Hall–Kier alpha value is -2.89. The second kappa shape index (κ2) is 7.21. The Morgan fingerprint density at radius 1 is 1.05 bits per heavy atom. The molecule has 2 rings (SSSR count). The van der Waals surface area contributed by atoms with Gasteiger partial charge in [-0.2, -0.15) is 0 Å². The van der Waals surface area contributed by atoms with Crippen molar-refractivity contribution in [3.63, 3.8) is 0 Å². The molecule has 2 aromatic rings. The van der Waals surface area contributed by atoms with Crippen LogP contribution in [0.5, 0.6) is 17.2 Å². The summed E-state index contributed by atoms with van der Waals surface area (Å²) in [6, 6.07) is 12.1. The first-order chi connectivity index (χ1) is 10.6. The first kappa shape index (κ1) is 15.5. The van der Waals surface area contributed by atoms with Crippen LogP contribution in [0.15, 0.2) is 42.5 Å². The number of para-hydroxylation sites is 2. The van der Waals surface area contributed by atoms with Gasteiger partial charge in [0.15, 0.2) is 18.1 Å². The molecule has 0 heterocycles. The number of carbonyl (C=O) groups excluding carboxylic acids is 1. The standard InChI is InChI=1S/C16H18N2O4/c1-20-13-8-7-11(9-12(13)17)18-16(19)10-22-15-6-4-3-5-14(15)21-2/h3-9H,10,17H2,1-2H3,(H,18,19). The van der Waals surface area contributed by atoms with Gasteiger partial charge in [-0.15, -0.1) is 0 Å². The number of nitrogens with one attached hydrogen (secondary N) is 1. The summed E-state index contributed by atoms with van der Waals surface area (Å²) in [5, 5.41) is 2.70. The van der Waals surface area contributed by atoms with Crippen LogP contribution >= 0.6 is 0 Å². The molecular formula is C16H18N2O4. The normalized spacial score (nSPS) is 9.91. The summed E-state index contributed by atoms with van der Waals surface area (Å²) < 4.78 is 15.7. The fraction of sp³-hybridized carbons (Fsp3) is 0.188. The number of ether oxygens (including phenoxy) is 3. The summed E-state index contributed by atoms with van der Waals surface area (Å²) in [5.41, 5.74) is 6.81. The Morgan fingerprint density at radius 3 is 2.36 bits per heavy atom. The van der Waals surface area contributed by atoms with Gasteiger partial charge in [-0.05, 0) is 30.3 Å². The van der Waals surface area contributed by atoms with E-state index in [4.69, 9.17) is 19.9 Å². The molecule has 0 aliphatic heterocycles. The second-order valence-electron chi connectivity index (χ2n) is 4.44. The minimum atomic E-state index is -0.296. The third kappa shape index (κ3) is 3.82. The topological polar surface area (TPSA) is 82.8 Å². The first-order valence-electron chi connectivity index (χ1n) is 6.63. The van der Waals surface area contributed by atoms with Crippen LogP contribution in [0, 0.1) is 0 Å². The molecule has 0 unspecified atom stereocenters. The highest BCUT2D eigenvalue weighted by molar-refractivity contribution is 5.92. The third-order valence-corrected chi connectivity index (χ3v) is 2.94. The van der Waals surface area contributed by atoms with Crippen molar-refractivity contribution in [3.8, 4) is 17.2 Å². The van der Waals surface area contributed by atoms with Gasteiger partial charge < -0.3 is 25.3 Å². The van der Waals surface area contributed by atoms with Gasteiger partial charge in [0.1, 0.15) is 5.75 Å². The summed E-state index contributed by atoms with van der Waals surface area (Å²) in [7, 11) is 3.08. The fourth-order valence-electron chi connectivity index (χ4n) is 1.89. The van der Waals surface area contributed by atoms with Crippen molar-refractivity contribution in [2.75, 3.05) is 31.9 Å². The van der Waals surface area contributed by atoms with Crippen molar-refractivity contribution in [1.82, 2.24) is 0 Å². The molecule has 0 fully saturated rings. The van der Waals surface area contributed by atoms with Crippen LogP contribution in [0.25, 0.3) is 0 Å².